The second-order valence-electron chi connectivity index (χ2n) is 7.70. The van der Waals surface area contributed by atoms with Gasteiger partial charge in [-0.25, -0.2) is 4.52 Å². The molecule has 4 heteroatoms. The van der Waals surface area contributed by atoms with E-state index in [1.54, 1.807) is 6.20 Å². The van der Waals surface area contributed by atoms with Crippen molar-refractivity contribution in [3.8, 4) is 22.3 Å². The van der Waals surface area contributed by atoms with Crippen LogP contribution in [0.5, 0.6) is 0 Å². The Morgan fingerprint density at radius 3 is 2.55 bits per heavy atom. The van der Waals surface area contributed by atoms with Gasteiger partial charge in [-0.2, -0.15) is 5.10 Å². The van der Waals surface area contributed by atoms with Crippen molar-refractivity contribution in [2.24, 2.45) is 0 Å². The SMILES string of the molecule is C=C(c1ccn2ncc(-c3cccnc3)c2c1)c1cc(-c2ccccc2C)cnc1C. The van der Waals surface area contributed by atoms with Gasteiger partial charge in [-0.1, -0.05) is 36.9 Å². The van der Waals surface area contributed by atoms with E-state index in [0.29, 0.717) is 0 Å². The van der Waals surface area contributed by atoms with Crippen molar-refractivity contribution in [3.63, 3.8) is 0 Å². The quantitative estimate of drug-likeness (QED) is 0.363. The van der Waals surface area contributed by atoms with E-state index >= 15 is 0 Å². The summed E-state index contributed by atoms with van der Waals surface area (Å²) in [7, 11) is 0. The molecule has 0 bridgehead atoms. The number of hydrogen-bond acceptors (Lipinski definition) is 3. The van der Waals surface area contributed by atoms with E-state index in [4.69, 9.17) is 0 Å². The highest BCUT2D eigenvalue weighted by atomic mass is 15.2. The maximum atomic E-state index is 4.67. The van der Waals surface area contributed by atoms with E-state index in [1.807, 2.05) is 48.4 Å². The molecule has 1 aromatic carbocycles. The van der Waals surface area contributed by atoms with Gasteiger partial charge in [-0.3, -0.25) is 9.97 Å². The monoisotopic (exact) mass is 402 g/mol. The maximum Gasteiger partial charge on any atom is 0.0746 e. The van der Waals surface area contributed by atoms with Crippen molar-refractivity contribution in [3.05, 3.63) is 115 Å². The molecule has 5 rings (SSSR count). The second kappa shape index (κ2) is 7.65. The van der Waals surface area contributed by atoms with Gasteiger partial charge in [0, 0.05) is 52.7 Å². The van der Waals surface area contributed by atoms with Crippen LogP contribution in [-0.2, 0) is 0 Å². The summed E-state index contributed by atoms with van der Waals surface area (Å²) in [5.41, 5.74) is 10.6. The number of hydrogen-bond donors (Lipinski definition) is 0. The zero-order valence-electron chi connectivity index (χ0n) is 17.6. The lowest BCUT2D eigenvalue weighted by atomic mass is 9.94. The van der Waals surface area contributed by atoms with Gasteiger partial charge in [0.1, 0.15) is 0 Å². The Hall–Kier alpha value is -4.05. The van der Waals surface area contributed by atoms with Crippen molar-refractivity contribution < 1.29 is 0 Å². The molecule has 0 saturated heterocycles. The minimum absolute atomic E-state index is 0.946. The number of rotatable bonds is 4. The van der Waals surface area contributed by atoms with E-state index in [0.717, 1.165) is 44.6 Å². The van der Waals surface area contributed by atoms with Gasteiger partial charge in [0.15, 0.2) is 0 Å². The van der Waals surface area contributed by atoms with Crippen LogP contribution in [0.3, 0.4) is 0 Å². The standard InChI is InChI=1S/C27H22N4/c1-18-7-4-5-9-24(18)23-13-25(20(3)29-16-23)19(2)21-10-12-31-27(14-21)26(17-30-31)22-8-6-11-28-15-22/h4-17H,2H2,1,3H3. The smallest absolute Gasteiger partial charge is 0.0746 e. The topological polar surface area (TPSA) is 43.1 Å². The lowest BCUT2D eigenvalue weighted by molar-refractivity contribution is 0.960. The third-order valence-corrected chi connectivity index (χ3v) is 5.71. The molecule has 0 amide bonds. The van der Waals surface area contributed by atoms with Crippen molar-refractivity contribution in [2.75, 3.05) is 0 Å². The molecule has 0 unspecified atom stereocenters. The van der Waals surface area contributed by atoms with Crippen LogP contribution in [0.1, 0.15) is 22.4 Å². The van der Waals surface area contributed by atoms with Gasteiger partial charge >= 0.3 is 0 Å². The molecule has 150 valence electrons. The Morgan fingerprint density at radius 2 is 1.74 bits per heavy atom. The van der Waals surface area contributed by atoms with E-state index in [-0.39, 0.29) is 0 Å². The Bertz CT molecular complexity index is 1410. The predicted octanol–water partition coefficient (Wildman–Crippen LogP) is 6.14. The molecule has 0 fully saturated rings. The summed E-state index contributed by atoms with van der Waals surface area (Å²) in [5, 5.41) is 4.50. The molecule has 0 aliphatic heterocycles. The van der Waals surface area contributed by atoms with Crippen LogP contribution in [0.2, 0.25) is 0 Å². The molecule has 5 aromatic rings. The predicted molar refractivity (Wildman–Crippen MR) is 126 cm³/mol. The first-order valence-corrected chi connectivity index (χ1v) is 10.2. The summed E-state index contributed by atoms with van der Waals surface area (Å²) in [6.07, 6.45) is 9.43. The van der Waals surface area contributed by atoms with Crippen LogP contribution in [0, 0.1) is 13.8 Å². The largest absolute Gasteiger partial charge is 0.264 e. The second-order valence-corrected chi connectivity index (χ2v) is 7.70. The molecule has 0 saturated carbocycles. The van der Waals surface area contributed by atoms with E-state index in [9.17, 15) is 0 Å². The fourth-order valence-electron chi connectivity index (χ4n) is 3.95. The molecule has 31 heavy (non-hydrogen) atoms. The number of nitrogens with zero attached hydrogens (tertiary/aromatic N) is 4. The summed E-state index contributed by atoms with van der Waals surface area (Å²) in [6.45, 7) is 8.58. The normalized spacial score (nSPS) is 11.0. The minimum atomic E-state index is 0.946. The maximum absolute atomic E-state index is 4.67. The molecule has 0 spiro atoms. The molecular weight excluding hydrogens is 380 g/mol. The molecular formula is C27H22N4. The molecule has 0 N–H and O–H groups in total. The van der Waals surface area contributed by atoms with Crippen molar-refractivity contribution in [2.45, 2.75) is 13.8 Å². The summed E-state index contributed by atoms with van der Waals surface area (Å²) >= 11 is 0. The Labute approximate surface area is 181 Å². The van der Waals surface area contributed by atoms with Gasteiger partial charge < -0.3 is 0 Å². The highest BCUT2D eigenvalue weighted by Crippen LogP contribution is 2.31. The third kappa shape index (κ3) is 3.42. The molecule has 4 aromatic heterocycles. The Morgan fingerprint density at radius 1 is 0.871 bits per heavy atom. The summed E-state index contributed by atoms with van der Waals surface area (Å²) < 4.78 is 1.88. The summed E-state index contributed by atoms with van der Waals surface area (Å²) in [5.74, 6) is 0. The van der Waals surface area contributed by atoms with Gasteiger partial charge in [-0.05, 0) is 60.4 Å². The zero-order valence-corrected chi connectivity index (χ0v) is 17.6. The van der Waals surface area contributed by atoms with E-state index in [2.05, 4.69) is 71.0 Å². The van der Waals surface area contributed by atoms with Gasteiger partial charge in [0.25, 0.3) is 0 Å². The number of aromatic nitrogens is 4. The van der Waals surface area contributed by atoms with Crippen molar-refractivity contribution >= 4 is 11.1 Å². The zero-order chi connectivity index (χ0) is 21.4. The number of benzene rings is 1. The minimum Gasteiger partial charge on any atom is -0.264 e. The van der Waals surface area contributed by atoms with Crippen molar-refractivity contribution in [1.82, 2.24) is 19.6 Å². The first-order chi connectivity index (χ1) is 15.1. The number of pyridine rings is 3. The molecule has 0 radical (unpaired) electrons. The van der Waals surface area contributed by atoms with E-state index < -0.39 is 0 Å². The molecule has 0 aliphatic rings. The van der Waals surface area contributed by atoms with Crippen LogP contribution >= 0.6 is 0 Å². The first-order valence-electron chi connectivity index (χ1n) is 10.2. The van der Waals surface area contributed by atoms with Gasteiger partial charge in [0.2, 0.25) is 0 Å². The lowest BCUT2D eigenvalue weighted by Crippen LogP contribution is -1.97. The Balaban J connectivity index is 1.59. The van der Waals surface area contributed by atoms with Crippen LogP contribution in [0.25, 0.3) is 33.3 Å². The van der Waals surface area contributed by atoms with Crippen LogP contribution < -0.4 is 0 Å². The average molecular weight is 403 g/mol. The average Bonchev–Trinajstić information content (AvgIpc) is 3.23. The highest BCUT2D eigenvalue weighted by molar-refractivity contribution is 5.86. The lowest BCUT2D eigenvalue weighted by Gasteiger charge is -2.13. The molecule has 4 nitrogen and oxygen atoms in total. The van der Waals surface area contributed by atoms with Crippen LogP contribution in [-0.4, -0.2) is 19.6 Å². The van der Waals surface area contributed by atoms with Gasteiger partial charge in [0.05, 0.1) is 11.7 Å². The molecule has 0 aliphatic carbocycles. The first kappa shape index (κ1) is 18.9. The number of aryl methyl sites for hydroxylation is 2. The third-order valence-electron chi connectivity index (χ3n) is 5.71. The van der Waals surface area contributed by atoms with Crippen molar-refractivity contribution in [1.29, 1.82) is 0 Å². The highest BCUT2D eigenvalue weighted by Gasteiger charge is 2.13. The molecule has 4 heterocycles. The van der Waals surface area contributed by atoms with Crippen LogP contribution in [0.4, 0.5) is 0 Å². The summed E-state index contributed by atoms with van der Waals surface area (Å²) in [4.78, 5) is 8.92. The Kier molecular flexibility index (Phi) is 4.68. The number of fused-ring (bicyclic) bond motifs is 1. The summed E-state index contributed by atoms with van der Waals surface area (Å²) in [6, 6.07) is 18.7. The molecule has 0 atom stereocenters. The van der Waals surface area contributed by atoms with Crippen LogP contribution in [0.15, 0.2) is 92.2 Å². The van der Waals surface area contributed by atoms with Gasteiger partial charge in [-0.15, -0.1) is 0 Å². The van der Waals surface area contributed by atoms with E-state index in [1.165, 1.54) is 11.1 Å². The fourth-order valence-corrected chi connectivity index (χ4v) is 3.95. The fraction of sp³-hybridized carbons (Fsp3) is 0.0741.